The Bertz CT molecular complexity index is 270. The number of ketones is 1. The van der Waals surface area contributed by atoms with Gasteiger partial charge >= 0.3 is 0 Å². The van der Waals surface area contributed by atoms with Gasteiger partial charge in [0.25, 0.3) is 0 Å². The lowest BCUT2D eigenvalue weighted by molar-refractivity contribution is -0.126. The van der Waals surface area contributed by atoms with Crippen LogP contribution < -0.4 is 0 Å². The highest BCUT2D eigenvalue weighted by atomic mass is 16.1. The van der Waals surface area contributed by atoms with E-state index in [0.717, 1.165) is 32.1 Å². The summed E-state index contributed by atoms with van der Waals surface area (Å²) in [6, 6.07) is 0. The smallest absolute Gasteiger partial charge is 0.136 e. The van der Waals surface area contributed by atoms with Crippen molar-refractivity contribution in [3.05, 3.63) is 12.2 Å². The molecule has 2 atom stereocenters. The van der Waals surface area contributed by atoms with E-state index in [1.165, 1.54) is 5.57 Å². The monoisotopic (exact) mass is 222 g/mol. The van der Waals surface area contributed by atoms with Crippen LogP contribution in [-0.2, 0) is 4.79 Å². The van der Waals surface area contributed by atoms with E-state index in [2.05, 4.69) is 34.3 Å². The third kappa shape index (κ3) is 3.77. The maximum Gasteiger partial charge on any atom is 0.136 e. The molecule has 0 saturated heterocycles. The summed E-state index contributed by atoms with van der Waals surface area (Å²) < 4.78 is 0. The number of hydrogen-bond acceptors (Lipinski definition) is 1. The molecule has 16 heavy (non-hydrogen) atoms. The second-order valence-electron chi connectivity index (χ2n) is 6.50. The van der Waals surface area contributed by atoms with Gasteiger partial charge in [0.2, 0.25) is 0 Å². The molecule has 0 spiro atoms. The van der Waals surface area contributed by atoms with E-state index in [-0.39, 0.29) is 0 Å². The van der Waals surface area contributed by atoms with Crippen molar-refractivity contribution in [3.63, 3.8) is 0 Å². The van der Waals surface area contributed by atoms with Gasteiger partial charge in [0.1, 0.15) is 5.78 Å². The number of rotatable bonds is 3. The van der Waals surface area contributed by atoms with Gasteiger partial charge in [-0.3, -0.25) is 4.79 Å². The zero-order valence-electron chi connectivity index (χ0n) is 11.3. The highest BCUT2D eigenvalue weighted by Gasteiger charge is 2.34. The van der Waals surface area contributed by atoms with Crippen LogP contribution in [0.2, 0.25) is 0 Å². The largest absolute Gasteiger partial charge is 0.299 e. The van der Waals surface area contributed by atoms with E-state index >= 15 is 0 Å². The summed E-state index contributed by atoms with van der Waals surface area (Å²) in [6.45, 7) is 12.9. The summed E-state index contributed by atoms with van der Waals surface area (Å²) in [5, 5.41) is 0. The summed E-state index contributed by atoms with van der Waals surface area (Å²) in [5.74, 6) is 1.50. The first-order valence-electron chi connectivity index (χ1n) is 6.48. The summed E-state index contributed by atoms with van der Waals surface area (Å²) in [5.41, 5.74) is 1.55. The Balaban J connectivity index is 2.55. The van der Waals surface area contributed by atoms with Crippen LogP contribution in [0.3, 0.4) is 0 Å². The zero-order valence-corrected chi connectivity index (χ0v) is 11.3. The van der Waals surface area contributed by atoms with Gasteiger partial charge in [0.15, 0.2) is 0 Å². The molecule has 0 N–H and O–H groups in total. The molecule has 0 aromatic rings. The predicted octanol–water partition coefficient (Wildman–Crippen LogP) is 4.37. The average Bonchev–Trinajstić information content (AvgIpc) is 2.14. The standard InChI is InChI=1S/C15H26O/c1-11(2)6-7-12-10-13(15(3,4)5)8-9-14(12)16/h12-13H,1,6-10H2,2-5H3. The van der Waals surface area contributed by atoms with E-state index in [4.69, 9.17) is 0 Å². The second-order valence-corrected chi connectivity index (χ2v) is 6.50. The average molecular weight is 222 g/mol. The van der Waals surface area contributed by atoms with Crippen LogP contribution in [0.4, 0.5) is 0 Å². The van der Waals surface area contributed by atoms with Gasteiger partial charge in [0.05, 0.1) is 0 Å². The summed E-state index contributed by atoms with van der Waals surface area (Å²) in [4.78, 5) is 11.8. The van der Waals surface area contributed by atoms with E-state index in [1.54, 1.807) is 0 Å². The Labute approximate surface area is 100 Å². The lowest BCUT2D eigenvalue weighted by Gasteiger charge is -2.37. The number of allylic oxidation sites excluding steroid dienone is 1. The SMILES string of the molecule is C=C(C)CCC1CC(C(C)(C)C)CCC1=O. The highest BCUT2D eigenvalue weighted by Crippen LogP contribution is 2.40. The van der Waals surface area contributed by atoms with Crippen LogP contribution in [0.1, 0.15) is 59.8 Å². The van der Waals surface area contributed by atoms with Gasteiger partial charge in [-0.15, -0.1) is 6.58 Å². The van der Waals surface area contributed by atoms with Crippen molar-refractivity contribution in [1.82, 2.24) is 0 Å². The van der Waals surface area contributed by atoms with Crippen LogP contribution in [0.15, 0.2) is 12.2 Å². The van der Waals surface area contributed by atoms with Crippen LogP contribution >= 0.6 is 0 Å². The van der Waals surface area contributed by atoms with Gasteiger partial charge in [-0.05, 0) is 43.9 Å². The third-order valence-electron chi connectivity index (χ3n) is 3.91. The quantitative estimate of drug-likeness (QED) is 0.648. The topological polar surface area (TPSA) is 17.1 Å². The number of carbonyl (C=O) groups excluding carboxylic acids is 1. The van der Waals surface area contributed by atoms with Gasteiger partial charge < -0.3 is 0 Å². The fourth-order valence-corrected chi connectivity index (χ4v) is 2.60. The molecule has 0 amide bonds. The van der Waals surface area contributed by atoms with Crippen LogP contribution in [0.25, 0.3) is 0 Å². The molecule has 1 fully saturated rings. The zero-order chi connectivity index (χ0) is 12.3. The maximum atomic E-state index is 11.8. The number of hydrogen-bond donors (Lipinski definition) is 0. The van der Waals surface area contributed by atoms with E-state index in [9.17, 15) is 4.79 Å². The lowest BCUT2D eigenvalue weighted by atomic mass is 9.68. The first kappa shape index (κ1) is 13.5. The Hall–Kier alpha value is -0.590. The minimum atomic E-state index is 0.301. The molecular weight excluding hydrogens is 196 g/mol. The molecule has 0 heterocycles. The first-order chi connectivity index (χ1) is 7.30. The van der Waals surface area contributed by atoms with Gasteiger partial charge in [-0.25, -0.2) is 0 Å². The summed E-state index contributed by atoms with van der Waals surface area (Å²) in [7, 11) is 0. The van der Waals surface area contributed by atoms with E-state index < -0.39 is 0 Å². The molecule has 0 aliphatic heterocycles. The number of Topliss-reactive ketones (excluding diaryl/α,β-unsaturated/α-hetero) is 1. The maximum absolute atomic E-state index is 11.8. The minimum absolute atomic E-state index is 0.301. The third-order valence-corrected chi connectivity index (χ3v) is 3.91. The number of carbonyl (C=O) groups is 1. The Morgan fingerprint density at radius 1 is 1.44 bits per heavy atom. The molecule has 1 aliphatic carbocycles. The van der Waals surface area contributed by atoms with Crippen molar-refractivity contribution >= 4 is 5.78 Å². The van der Waals surface area contributed by atoms with Crippen LogP contribution in [-0.4, -0.2) is 5.78 Å². The highest BCUT2D eigenvalue weighted by molar-refractivity contribution is 5.81. The molecule has 0 radical (unpaired) electrons. The normalized spacial score (nSPS) is 26.9. The van der Waals surface area contributed by atoms with Gasteiger partial charge in [-0.2, -0.15) is 0 Å². The molecule has 1 nitrogen and oxygen atoms in total. The lowest BCUT2D eigenvalue weighted by Crippen LogP contribution is -2.32. The molecule has 92 valence electrons. The first-order valence-corrected chi connectivity index (χ1v) is 6.48. The fraction of sp³-hybridized carbons (Fsp3) is 0.800. The fourth-order valence-electron chi connectivity index (χ4n) is 2.60. The second kappa shape index (κ2) is 5.16. The minimum Gasteiger partial charge on any atom is -0.299 e. The van der Waals surface area contributed by atoms with Gasteiger partial charge in [-0.1, -0.05) is 26.3 Å². The molecular formula is C15H26O. The van der Waals surface area contributed by atoms with E-state index in [0.29, 0.717) is 23.0 Å². The van der Waals surface area contributed by atoms with Crippen molar-refractivity contribution in [2.24, 2.45) is 17.3 Å². The Kier molecular flexibility index (Phi) is 4.35. The van der Waals surface area contributed by atoms with Crippen molar-refractivity contribution in [1.29, 1.82) is 0 Å². The van der Waals surface area contributed by atoms with Gasteiger partial charge in [0, 0.05) is 12.3 Å². The van der Waals surface area contributed by atoms with Crippen molar-refractivity contribution in [2.45, 2.75) is 59.8 Å². The predicted molar refractivity (Wildman–Crippen MR) is 69.3 cm³/mol. The molecule has 2 unspecified atom stereocenters. The molecule has 1 rings (SSSR count). The van der Waals surface area contributed by atoms with Crippen molar-refractivity contribution < 1.29 is 4.79 Å². The molecule has 0 aromatic heterocycles. The van der Waals surface area contributed by atoms with Crippen molar-refractivity contribution in [3.8, 4) is 0 Å². The van der Waals surface area contributed by atoms with E-state index in [1.807, 2.05) is 0 Å². The summed E-state index contributed by atoms with van der Waals surface area (Å²) >= 11 is 0. The Morgan fingerprint density at radius 3 is 2.56 bits per heavy atom. The molecule has 1 aliphatic rings. The molecule has 0 bridgehead atoms. The van der Waals surface area contributed by atoms with Crippen LogP contribution in [0.5, 0.6) is 0 Å². The molecule has 1 heteroatoms. The molecule has 0 aromatic carbocycles. The molecule has 1 saturated carbocycles. The van der Waals surface area contributed by atoms with Crippen molar-refractivity contribution in [2.75, 3.05) is 0 Å². The van der Waals surface area contributed by atoms with Crippen LogP contribution in [0, 0.1) is 17.3 Å². The summed E-state index contributed by atoms with van der Waals surface area (Å²) in [6.07, 6.45) is 5.00. The Morgan fingerprint density at radius 2 is 2.06 bits per heavy atom.